The van der Waals surface area contributed by atoms with Gasteiger partial charge in [-0.1, -0.05) is 55.5 Å². The van der Waals surface area contributed by atoms with E-state index >= 15 is 0 Å². The van der Waals surface area contributed by atoms with Crippen LogP contribution in [-0.2, 0) is 19.1 Å². The zero-order chi connectivity index (χ0) is 24.5. The Balaban J connectivity index is 1.60. The van der Waals surface area contributed by atoms with Crippen LogP contribution in [0, 0.1) is 0 Å². The fraction of sp³-hybridized carbons (Fsp3) is 0.360. The van der Waals surface area contributed by atoms with Gasteiger partial charge in [0.25, 0.3) is 0 Å². The van der Waals surface area contributed by atoms with Gasteiger partial charge in [-0.05, 0) is 35.1 Å². The number of carboxylic acids is 1. The topological polar surface area (TPSA) is 134 Å². The van der Waals surface area contributed by atoms with Crippen LogP contribution in [0.25, 0.3) is 11.1 Å². The van der Waals surface area contributed by atoms with Gasteiger partial charge in [0, 0.05) is 18.9 Å². The molecule has 1 unspecified atom stereocenters. The number of amides is 3. The van der Waals surface area contributed by atoms with Crippen LogP contribution in [0.15, 0.2) is 48.5 Å². The van der Waals surface area contributed by atoms with Crippen LogP contribution in [0.2, 0.25) is 0 Å². The summed E-state index contributed by atoms with van der Waals surface area (Å²) in [7, 11) is 0. The fourth-order valence-electron chi connectivity index (χ4n) is 3.94. The molecular weight excluding hydrogens is 438 g/mol. The highest BCUT2D eigenvalue weighted by atomic mass is 16.5. The summed E-state index contributed by atoms with van der Waals surface area (Å²) in [4.78, 5) is 47.8. The Morgan fingerprint density at radius 3 is 2.18 bits per heavy atom. The second-order valence-electron chi connectivity index (χ2n) is 8.02. The molecule has 0 bridgehead atoms. The molecule has 9 nitrogen and oxygen atoms in total. The summed E-state index contributed by atoms with van der Waals surface area (Å²) < 4.78 is 5.45. The first kappa shape index (κ1) is 24.8. The van der Waals surface area contributed by atoms with Gasteiger partial charge in [-0.15, -0.1) is 0 Å². The molecule has 0 radical (unpaired) electrons. The summed E-state index contributed by atoms with van der Waals surface area (Å²) in [5.41, 5.74) is 4.28. The molecule has 3 amide bonds. The maximum absolute atomic E-state index is 12.5. The number of rotatable bonds is 11. The van der Waals surface area contributed by atoms with E-state index in [1.807, 2.05) is 55.5 Å². The molecule has 0 aliphatic heterocycles. The van der Waals surface area contributed by atoms with E-state index in [-0.39, 0.29) is 37.8 Å². The third-order valence-electron chi connectivity index (χ3n) is 5.59. The lowest BCUT2D eigenvalue weighted by Gasteiger charge is -2.19. The van der Waals surface area contributed by atoms with Crippen molar-refractivity contribution in [1.82, 2.24) is 16.0 Å². The van der Waals surface area contributed by atoms with Crippen molar-refractivity contribution in [2.24, 2.45) is 0 Å². The van der Waals surface area contributed by atoms with E-state index < -0.39 is 24.0 Å². The summed E-state index contributed by atoms with van der Waals surface area (Å²) in [6.45, 7) is 2.18. The predicted molar refractivity (Wildman–Crippen MR) is 125 cm³/mol. The summed E-state index contributed by atoms with van der Waals surface area (Å²) in [6.07, 6.45) is -0.543. The van der Waals surface area contributed by atoms with Crippen LogP contribution >= 0.6 is 0 Å². The average molecular weight is 468 g/mol. The number of fused-ring (bicyclic) bond motifs is 3. The second-order valence-corrected chi connectivity index (χ2v) is 8.02. The van der Waals surface area contributed by atoms with Gasteiger partial charge in [0.2, 0.25) is 11.8 Å². The molecule has 0 saturated carbocycles. The Bertz CT molecular complexity index is 1010. The van der Waals surface area contributed by atoms with E-state index in [4.69, 9.17) is 9.84 Å². The summed E-state index contributed by atoms with van der Waals surface area (Å²) >= 11 is 0. The number of hydrogen-bond acceptors (Lipinski definition) is 5. The Morgan fingerprint density at radius 1 is 0.971 bits per heavy atom. The van der Waals surface area contributed by atoms with E-state index in [0.717, 1.165) is 28.7 Å². The lowest BCUT2D eigenvalue weighted by atomic mass is 9.98. The molecule has 0 heterocycles. The van der Waals surface area contributed by atoms with E-state index in [2.05, 4.69) is 16.0 Å². The minimum Gasteiger partial charge on any atom is -0.481 e. The number of carbonyl (C=O) groups is 4. The number of carbonyl (C=O) groups excluding carboxylic acids is 3. The van der Waals surface area contributed by atoms with Crippen LogP contribution in [0.4, 0.5) is 4.79 Å². The van der Waals surface area contributed by atoms with Crippen LogP contribution < -0.4 is 16.0 Å². The van der Waals surface area contributed by atoms with Crippen LogP contribution in [-0.4, -0.2) is 54.7 Å². The molecule has 180 valence electrons. The first-order chi connectivity index (χ1) is 16.4. The van der Waals surface area contributed by atoms with Crippen molar-refractivity contribution in [3.8, 4) is 11.1 Å². The number of benzene rings is 2. The molecule has 1 aliphatic carbocycles. The van der Waals surface area contributed by atoms with E-state index in [9.17, 15) is 19.2 Å². The molecule has 2 aromatic rings. The molecule has 9 heteroatoms. The maximum Gasteiger partial charge on any atom is 0.407 e. The second kappa shape index (κ2) is 11.8. The van der Waals surface area contributed by atoms with Crippen molar-refractivity contribution >= 4 is 23.9 Å². The molecule has 0 aromatic heterocycles. The number of alkyl carbamates (subject to hydrolysis) is 1. The van der Waals surface area contributed by atoms with Crippen molar-refractivity contribution in [2.45, 2.75) is 38.1 Å². The average Bonchev–Trinajstić information content (AvgIpc) is 3.16. The third kappa shape index (κ3) is 6.34. The van der Waals surface area contributed by atoms with Gasteiger partial charge in [-0.3, -0.25) is 14.4 Å². The van der Waals surface area contributed by atoms with Gasteiger partial charge >= 0.3 is 12.1 Å². The molecule has 0 fully saturated rings. The highest BCUT2D eigenvalue weighted by Gasteiger charge is 2.30. The first-order valence-corrected chi connectivity index (χ1v) is 11.3. The summed E-state index contributed by atoms with van der Waals surface area (Å²) in [6, 6.07) is 14.7. The number of nitrogens with one attached hydrogen (secondary N) is 3. The zero-order valence-corrected chi connectivity index (χ0v) is 19.0. The number of hydrogen-bond donors (Lipinski definition) is 4. The predicted octanol–water partition coefficient (Wildman–Crippen LogP) is 2.40. The summed E-state index contributed by atoms with van der Waals surface area (Å²) in [5.74, 6) is -2.27. The van der Waals surface area contributed by atoms with E-state index in [1.54, 1.807) is 0 Å². The lowest BCUT2D eigenvalue weighted by Crippen LogP contribution is -2.49. The highest BCUT2D eigenvalue weighted by molar-refractivity contribution is 5.89. The van der Waals surface area contributed by atoms with Crippen molar-refractivity contribution < 1.29 is 29.0 Å². The molecule has 4 N–H and O–H groups in total. The van der Waals surface area contributed by atoms with Gasteiger partial charge in [0.05, 0.1) is 6.54 Å². The standard InChI is InChI=1S/C25H29N3O6/c1-2-13-26-22(29)14-27-24(32)21(11-12-23(30)31)28-25(33)34-15-20-18-9-5-3-7-16(18)17-8-4-6-10-19(17)20/h3-10,20-21H,2,11-15H2,1H3,(H,26,29)(H,27,32)(H,28,33)(H,30,31). The van der Waals surface area contributed by atoms with Crippen molar-refractivity contribution in [2.75, 3.05) is 19.7 Å². The van der Waals surface area contributed by atoms with Gasteiger partial charge in [0.15, 0.2) is 0 Å². The van der Waals surface area contributed by atoms with Crippen LogP contribution in [0.3, 0.4) is 0 Å². The third-order valence-corrected chi connectivity index (χ3v) is 5.59. The minimum atomic E-state index is -1.15. The molecule has 1 aliphatic rings. The van der Waals surface area contributed by atoms with E-state index in [0.29, 0.717) is 6.54 Å². The normalized spacial score (nSPS) is 12.7. The summed E-state index contributed by atoms with van der Waals surface area (Å²) in [5, 5.41) is 16.5. The number of aliphatic carboxylic acids is 1. The quantitative estimate of drug-likeness (QED) is 0.401. The van der Waals surface area contributed by atoms with E-state index in [1.165, 1.54) is 0 Å². The molecule has 34 heavy (non-hydrogen) atoms. The number of carboxylic acid groups (broad SMARTS) is 1. The molecule has 0 spiro atoms. The van der Waals surface area contributed by atoms with Crippen molar-refractivity contribution in [3.05, 3.63) is 59.7 Å². The smallest absolute Gasteiger partial charge is 0.407 e. The molecule has 0 saturated heterocycles. The van der Waals surface area contributed by atoms with Gasteiger partial charge in [-0.25, -0.2) is 4.79 Å². The Labute approximate surface area is 197 Å². The molecule has 2 aromatic carbocycles. The Hall–Kier alpha value is -3.88. The first-order valence-electron chi connectivity index (χ1n) is 11.3. The fourth-order valence-corrected chi connectivity index (χ4v) is 3.94. The number of ether oxygens (including phenoxy) is 1. The molecule has 1 atom stereocenters. The highest BCUT2D eigenvalue weighted by Crippen LogP contribution is 2.44. The van der Waals surface area contributed by atoms with Gasteiger partial charge in [-0.2, -0.15) is 0 Å². The SMILES string of the molecule is CCCNC(=O)CNC(=O)C(CCC(=O)O)NC(=O)OCC1c2ccccc2-c2ccccc21. The van der Waals surface area contributed by atoms with Crippen LogP contribution in [0.5, 0.6) is 0 Å². The van der Waals surface area contributed by atoms with Crippen molar-refractivity contribution in [3.63, 3.8) is 0 Å². The van der Waals surface area contributed by atoms with Crippen LogP contribution in [0.1, 0.15) is 43.2 Å². The Morgan fingerprint density at radius 2 is 1.59 bits per heavy atom. The lowest BCUT2D eigenvalue weighted by molar-refractivity contribution is -0.137. The zero-order valence-electron chi connectivity index (χ0n) is 19.0. The maximum atomic E-state index is 12.5. The minimum absolute atomic E-state index is 0.0621. The Kier molecular flexibility index (Phi) is 8.61. The van der Waals surface area contributed by atoms with Gasteiger partial charge in [0.1, 0.15) is 12.6 Å². The molecule has 3 rings (SSSR count). The van der Waals surface area contributed by atoms with Crippen molar-refractivity contribution in [1.29, 1.82) is 0 Å². The largest absolute Gasteiger partial charge is 0.481 e. The van der Waals surface area contributed by atoms with Gasteiger partial charge < -0.3 is 25.8 Å². The monoisotopic (exact) mass is 467 g/mol. The molecular formula is C25H29N3O6.